The van der Waals surface area contributed by atoms with Crippen molar-refractivity contribution in [2.75, 3.05) is 26.2 Å². The van der Waals surface area contributed by atoms with Crippen LogP contribution in [-0.2, 0) is 9.63 Å². The normalized spacial score (nSPS) is 17.9. The molecule has 0 spiro atoms. The molecule has 0 amide bonds. The van der Waals surface area contributed by atoms with Crippen molar-refractivity contribution in [1.29, 1.82) is 0 Å². The number of hydrogen-bond donors (Lipinski definition) is 1. The Balaban J connectivity index is 1.55. The van der Waals surface area contributed by atoms with E-state index in [9.17, 15) is 4.79 Å². The number of carbonyl (C=O) groups is 1. The first kappa shape index (κ1) is 19.4. The van der Waals surface area contributed by atoms with Crippen LogP contribution < -0.4 is 0 Å². The van der Waals surface area contributed by atoms with E-state index in [-0.39, 0.29) is 5.92 Å². The van der Waals surface area contributed by atoms with Crippen LogP contribution in [0.15, 0.2) is 53.7 Å². The molecule has 1 aliphatic heterocycles. The lowest BCUT2D eigenvalue weighted by Crippen LogP contribution is -2.40. The average Bonchev–Trinajstić information content (AvgIpc) is 2.69. The molecule has 142 valence electrons. The molecule has 0 saturated carbocycles. The second-order valence-corrected chi connectivity index (χ2v) is 7.02. The third kappa shape index (κ3) is 5.31. The summed E-state index contributed by atoms with van der Waals surface area (Å²) < 4.78 is 0. The number of hydrogen-bond acceptors (Lipinski definition) is 4. The Morgan fingerprint density at radius 1 is 1.22 bits per heavy atom. The van der Waals surface area contributed by atoms with Crippen LogP contribution >= 0.6 is 11.6 Å². The smallest absolute Gasteiger partial charge is 0.307 e. The summed E-state index contributed by atoms with van der Waals surface area (Å²) >= 11 is 6.31. The molecule has 1 saturated heterocycles. The van der Waals surface area contributed by atoms with Crippen molar-refractivity contribution in [2.24, 2.45) is 11.1 Å². The summed E-state index contributed by atoms with van der Waals surface area (Å²) in [6.07, 6.45) is 3.35. The number of carboxylic acid groups (broad SMARTS) is 1. The van der Waals surface area contributed by atoms with Gasteiger partial charge in [-0.25, -0.2) is 0 Å². The highest BCUT2D eigenvalue weighted by atomic mass is 35.5. The molecule has 5 nitrogen and oxygen atoms in total. The number of nitrogens with zero attached hydrogens (tertiary/aromatic N) is 2. The summed E-state index contributed by atoms with van der Waals surface area (Å²) in [5.74, 6) is -0.987. The Hall–Kier alpha value is -2.37. The molecular formula is C21H23ClN2O3. The number of likely N-dealkylation sites (tertiary alicyclic amines) is 1. The molecule has 2 aromatic carbocycles. The SMILES string of the molecule is O=C(O)C1CCCN(CCO/N=C/c2ccccc2-c2ccccc2Cl)C1. The van der Waals surface area contributed by atoms with Gasteiger partial charge >= 0.3 is 5.97 Å². The average molecular weight is 387 g/mol. The Morgan fingerprint density at radius 3 is 2.74 bits per heavy atom. The minimum Gasteiger partial charge on any atom is -0.481 e. The first-order valence-corrected chi connectivity index (χ1v) is 9.47. The van der Waals surface area contributed by atoms with Crippen molar-refractivity contribution >= 4 is 23.8 Å². The summed E-state index contributed by atoms with van der Waals surface area (Å²) in [7, 11) is 0. The maximum atomic E-state index is 11.1. The van der Waals surface area contributed by atoms with Gasteiger partial charge in [0.25, 0.3) is 0 Å². The number of aliphatic carboxylic acids is 1. The van der Waals surface area contributed by atoms with Gasteiger partial charge in [0.15, 0.2) is 0 Å². The van der Waals surface area contributed by atoms with Crippen LogP contribution in [0.25, 0.3) is 11.1 Å². The third-order valence-corrected chi connectivity index (χ3v) is 5.07. The maximum Gasteiger partial charge on any atom is 0.307 e. The molecule has 0 aromatic heterocycles. The number of benzene rings is 2. The van der Waals surface area contributed by atoms with Gasteiger partial charge in [-0.05, 0) is 31.0 Å². The summed E-state index contributed by atoms with van der Waals surface area (Å²) in [5, 5.41) is 13.9. The fourth-order valence-electron chi connectivity index (χ4n) is 3.31. The van der Waals surface area contributed by atoms with Crippen LogP contribution in [0.2, 0.25) is 5.02 Å². The van der Waals surface area contributed by atoms with E-state index in [0.717, 1.165) is 36.1 Å². The fourth-order valence-corrected chi connectivity index (χ4v) is 3.55. The molecule has 1 N–H and O–H groups in total. The lowest BCUT2D eigenvalue weighted by atomic mass is 9.98. The lowest BCUT2D eigenvalue weighted by Gasteiger charge is -2.29. The molecule has 0 aliphatic carbocycles. The Morgan fingerprint density at radius 2 is 1.96 bits per heavy atom. The summed E-state index contributed by atoms with van der Waals surface area (Å²) in [6.45, 7) is 2.59. The Labute approximate surface area is 164 Å². The van der Waals surface area contributed by atoms with Crippen LogP contribution in [0.3, 0.4) is 0 Å². The first-order chi connectivity index (χ1) is 13.1. The van der Waals surface area contributed by atoms with Crippen molar-refractivity contribution in [3.63, 3.8) is 0 Å². The van der Waals surface area contributed by atoms with Crippen LogP contribution in [0.4, 0.5) is 0 Å². The minimum absolute atomic E-state index is 0.273. The van der Waals surface area contributed by atoms with Crippen LogP contribution in [0.1, 0.15) is 18.4 Å². The van der Waals surface area contributed by atoms with Crippen molar-refractivity contribution in [3.05, 3.63) is 59.1 Å². The summed E-state index contributed by atoms with van der Waals surface area (Å²) in [5.41, 5.74) is 2.87. The Kier molecular flexibility index (Phi) is 6.85. The van der Waals surface area contributed by atoms with Gasteiger partial charge in [0.2, 0.25) is 0 Å². The van der Waals surface area contributed by atoms with Crippen molar-refractivity contribution in [1.82, 2.24) is 4.90 Å². The molecule has 27 heavy (non-hydrogen) atoms. The van der Waals surface area contributed by atoms with E-state index < -0.39 is 5.97 Å². The highest BCUT2D eigenvalue weighted by molar-refractivity contribution is 6.33. The molecule has 2 aromatic rings. The van der Waals surface area contributed by atoms with Gasteiger partial charge < -0.3 is 9.94 Å². The highest BCUT2D eigenvalue weighted by Gasteiger charge is 2.24. The number of rotatable bonds is 7. The van der Waals surface area contributed by atoms with Crippen LogP contribution in [0.5, 0.6) is 0 Å². The highest BCUT2D eigenvalue weighted by Crippen LogP contribution is 2.29. The molecule has 1 unspecified atom stereocenters. The van der Waals surface area contributed by atoms with E-state index in [2.05, 4.69) is 10.1 Å². The quantitative estimate of drug-likeness (QED) is 0.441. The molecule has 1 atom stereocenters. The number of oxime groups is 1. The van der Waals surface area contributed by atoms with Crippen molar-refractivity contribution in [3.8, 4) is 11.1 Å². The fraction of sp³-hybridized carbons (Fsp3) is 0.333. The second-order valence-electron chi connectivity index (χ2n) is 6.61. The van der Waals surface area contributed by atoms with E-state index in [1.165, 1.54) is 0 Å². The molecule has 1 heterocycles. The van der Waals surface area contributed by atoms with Gasteiger partial charge in [0.05, 0.1) is 12.1 Å². The molecule has 3 rings (SSSR count). The van der Waals surface area contributed by atoms with E-state index >= 15 is 0 Å². The largest absolute Gasteiger partial charge is 0.481 e. The van der Waals surface area contributed by atoms with Crippen LogP contribution in [-0.4, -0.2) is 48.4 Å². The van der Waals surface area contributed by atoms with Crippen molar-refractivity contribution in [2.45, 2.75) is 12.8 Å². The molecule has 6 heteroatoms. The van der Waals surface area contributed by atoms with E-state index in [0.29, 0.717) is 24.7 Å². The molecule has 1 aliphatic rings. The summed E-state index contributed by atoms with van der Waals surface area (Å²) in [6, 6.07) is 15.6. The standard InChI is InChI=1S/C21H23ClN2O3/c22-20-10-4-3-9-19(20)18-8-2-1-6-16(18)14-23-27-13-12-24-11-5-7-17(15-24)21(25)26/h1-4,6,8-10,14,17H,5,7,11-13,15H2,(H,25,26)/b23-14+. The van der Waals surface area contributed by atoms with E-state index in [1.54, 1.807) is 6.21 Å². The van der Waals surface area contributed by atoms with Gasteiger partial charge in [0.1, 0.15) is 6.61 Å². The molecule has 0 radical (unpaired) electrons. The summed E-state index contributed by atoms with van der Waals surface area (Å²) in [4.78, 5) is 18.6. The monoisotopic (exact) mass is 386 g/mol. The van der Waals surface area contributed by atoms with Gasteiger partial charge in [-0.1, -0.05) is 59.2 Å². The minimum atomic E-state index is -0.713. The van der Waals surface area contributed by atoms with Gasteiger partial charge in [0, 0.05) is 29.2 Å². The second kappa shape index (κ2) is 9.53. The number of piperidine rings is 1. The van der Waals surface area contributed by atoms with Gasteiger partial charge in [-0.15, -0.1) is 0 Å². The van der Waals surface area contributed by atoms with Gasteiger partial charge in [-0.3, -0.25) is 9.69 Å². The van der Waals surface area contributed by atoms with Crippen LogP contribution in [0, 0.1) is 5.92 Å². The Bertz CT molecular complexity index is 810. The topological polar surface area (TPSA) is 62.1 Å². The molecule has 0 bridgehead atoms. The maximum absolute atomic E-state index is 11.1. The zero-order valence-corrected chi connectivity index (χ0v) is 15.8. The van der Waals surface area contributed by atoms with E-state index in [4.69, 9.17) is 21.5 Å². The van der Waals surface area contributed by atoms with E-state index in [1.807, 2.05) is 48.5 Å². The van der Waals surface area contributed by atoms with Crippen molar-refractivity contribution < 1.29 is 14.7 Å². The molecular weight excluding hydrogens is 364 g/mol. The molecule has 1 fully saturated rings. The first-order valence-electron chi connectivity index (χ1n) is 9.09. The lowest BCUT2D eigenvalue weighted by molar-refractivity contribution is -0.143. The third-order valence-electron chi connectivity index (χ3n) is 4.74. The number of halogens is 1. The zero-order chi connectivity index (χ0) is 19.1. The zero-order valence-electron chi connectivity index (χ0n) is 15.1. The van der Waals surface area contributed by atoms with Gasteiger partial charge in [-0.2, -0.15) is 0 Å². The predicted octanol–water partition coefficient (Wildman–Crippen LogP) is 4.15. The predicted molar refractivity (Wildman–Crippen MR) is 107 cm³/mol. The number of carboxylic acids is 1.